The summed E-state index contributed by atoms with van der Waals surface area (Å²) in [5.41, 5.74) is 0. The Hall–Kier alpha value is -1.65. The van der Waals surface area contributed by atoms with Crippen LogP contribution in [0.1, 0.15) is 32.1 Å². The van der Waals surface area contributed by atoms with Gasteiger partial charge in [0.15, 0.2) is 0 Å². The van der Waals surface area contributed by atoms with Gasteiger partial charge in [0.05, 0.1) is 0 Å². The summed E-state index contributed by atoms with van der Waals surface area (Å²) in [6.07, 6.45) is 5.92. The van der Waals surface area contributed by atoms with Crippen LogP contribution in [0.5, 0.6) is 0 Å². The fraction of sp³-hybridized carbons (Fsp3) is 0.583. The molecule has 0 amide bonds. The van der Waals surface area contributed by atoms with Crippen molar-refractivity contribution in [2.75, 3.05) is 5.32 Å². The number of carbonyl (C=O) groups is 1. The minimum absolute atomic E-state index is 0.303. The lowest BCUT2D eigenvalue weighted by Gasteiger charge is -2.28. The Kier molecular flexibility index (Phi) is 3.90. The summed E-state index contributed by atoms with van der Waals surface area (Å²) >= 11 is 0. The number of carboxylic acids is 1. The van der Waals surface area contributed by atoms with Crippen molar-refractivity contribution >= 4 is 11.8 Å². The van der Waals surface area contributed by atoms with Crippen LogP contribution >= 0.6 is 0 Å². The fourth-order valence-electron chi connectivity index (χ4n) is 2.35. The molecule has 1 heterocycles. The molecule has 0 spiro atoms. The number of anilines is 1. The van der Waals surface area contributed by atoms with Gasteiger partial charge < -0.3 is 10.4 Å². The van der Waals surface area contributed by atoms with Crippen molar-refractivity contribution in [2.24, 2.45) is 5.92 Å². The lowest BCUT2D eigenvalue weighted by molar-refractivity contribution is -0.138. The average molecular weight is 235 g/mol. The highest BCUT2D eigenvalue weighted by Gasteiger charge is 2.22. The molecule has 0 aromatic carbocycles. The van der Waals surface area contributed by atoms with Crippen molar-refractivity contribution in [2.45, 2.75) is 38.1 Å². The maximum Gasteiger partial charge on any atom is 0.303 e. The summed E-state index contributed by atoms with van der Waals surface area (Å²) in [7, 11) is 0. The first kappa shape index (κ1) is 11.8. The predicted molar refractivity (Wildman–Crippen MR) is 63.7 cm³/mol. The first-order chi connectivity index (χ1) is 8.24. The highest BCUT2D eigenvalue weighted by atomic mass is 16.4. The van der Waals surface area contributed by atoms with Gasteiger partial charge in [0.25, 0.3) is 0 Å². The molecule has 0 aliphatic heterocycles. The lowest BCUT2D eigenvalue weighted by atomic mass is 9.84. The van der Waals surface area contributed by atoms with E-state index in [9.17, 15) is 4.79 Å². The van der Waals surface area contributed by atoms with Gasteiger partial charge in [-0.3, -0.25) is 4.79 Å². The van der Waals surface area contributed by atoms with Crippen LogP contribution in [0.15, 0.2) is 18.3 Å². The van der Waals surface area contributed by atoms with Crippen LogP contribution in [-0.4, -0.2) is 27.3 Å². The zero-order valence-electron chi connectivity index (χ0n) is 9.67. The number of carboxylic acid groups (broad SMARTS) is 1. The van der Waals surface area contributed by atoms with Crippen LogP contribution in [0.4, 0.5) is 5.82 Å². The minimum Gasteiger partial charge on any atom is -0.481 e. The molecular formula is C12H17N3O2. The normalized spacial score (nSPS) is 24.2. The van der Waals surface area contributed by atoms with Crippen LogP contribution in [0, 0.1) is 5.92 Å². The number of hydrogen-bond acceptors (Lipinski definition) is 4. The first-order valence-electron chi connectivity index (χ1n) is 6.00. The molecular weight excluding hydrogens is 218 g/mol. The van der Waals surface area contributed by atoms with E-state index in [1.807, 2.05) is 12.1 Å². The van der Waals surface area contributed by atoms with Crippen LogP contribution in [0.2, 0.25) is 0 Å². The van der Waals surface area contributed by atoms with E-state index in [1.165, 1.54) is 0 Å². The third-order valence-electron chi connectivity index (χ3n) is 3.23. The smallest absolute Gasteiger partial charge is 0.303 e. The molecule has 0 radical (unpaired) electrons. The van der Waals surface area contributed by atoms with Gasteiger partial charge in [0.2, 0.25) is 0 Å². The number of rotatable bonds is 4. The topological polar surface area (TPSA) is 75.1 Å². The van der Waals surface area contributed by atoms with Crippen LogP contribution < -0.4 is 5.32 Å². The van der Waals surface area contributed by atoms with E-state index >= 15 is 0 Å². The second kappa shape index (κ2) is 5.61. The molecule has 0 saturated heterocycles. The van der Waals surface area contributed by atoms with Gasteiger partial charge in [0.1, 0.15) is 5.82 Å². The third kappa shape index (κ3) is 3.69. The van der Waals surface area contributed by atoms with Crippen LogP contribution in [-0.2, 0) is 4.79 Å². The summed E-state index contributed by atoms with van der Waals surface area (Å²) in [6, 6.07) is 4.15. The van der Waals surface area contributed by atoms with Crippen molar-refractivity contribution in [3.63, 3.8) is 0 Å². The maximum atomic E-state index is 10.6. The number of nitrogens with one attached hydrogen (secondary N) is 1. The number of aliphatic carboxylic acids is 1. The van der Waals surface area contributed by atoms with Gasteiger partial charge in [-0.05, 0) is 43.7 Å². The molecule has 92 valence electrons. The Balaban J connectivity index is 1.78. The Morgan fingerprint density at radius 2 is 2.18 bits per heavy atom. The minimum atomic E-state index is -0.685. The molecule has 1 fully saturated rings. The average Bonchev–Trinajstić information content (AvgIpc) is 2.32. The molecule has 1 aromatic heterocycles. The van der Waals surface area contributed by atoms with E-state index in [0.717, 1.165) is 31.5 Å². The summed E-state index contributed by atoms with van der Waals surface area (Å²) in [5, 5.41) is 19.9. The van der Waals surface area contributed by atoms with Gasteiger partial charge >= 0.3 is 5.97 Å². The van der Waals surface area contributed by atoms with Crippen molar-refractivity contribution in [3.05, 3.63) is 18.3 Å². The summed E-state index contributed by atoms with van der Waals surface area (Å²) in [5.74, 6) is 0.455. The Morgan fingerprint density at radius 1 is 1.41 bits per heavy atom. The van der Waals surface area contributed by atoms with E-state index < -0.39 is 5.97 Å². The molecule has 2 N–H and O–H groups in total. The molecule has 5 nitrogen and oxygen atoms in total. The van der Waals surface area contributed by atoms with E-state index in [0.29, 0.717) is 18.4 Å². The molecule has 1 aromatic rings. The molecule has 2 rings (SSSR count). The molecule has 1 saturated carbocycles. The highest BCUT2D eigenvalue weighted by Crippen LogP contribution is 2.28. The highest BCUT2D eigenvalue weighted by molar-refractivity contribution is 5.67. The summed E-state index contributed by atoms with van der Waals surface area (Å²) < 4.78 is 0. The standard InChI is InChI=1S/C12H17N3O2/c16-12(17)8-9-3-5-10(6-4-9)14-11-2-1-7-13-15-11/h1-2,7,9-10H,3-6,8H2,(H,14,15)(H,16,17). The fourth-order valence-corrected chi connectivity index (χ4v) is 2.35. The number of nitrogens with zero attached hydrogens (tertiary/aromatic N) is 2. The van der Waals surface area contributed by atoms with Crippen molar-refractivity contribution < 1.29 is 9.90 Å². The Morgan fingerprint density at radius 3 is 2.76 bits per heavy atom. The van der Waals surface area contributed by atoms with Crippen molar-refractivity contribution in [1.29, 1.82) is 0 Å². The zero-order chi connectivity index (χ0) is 12.1. The Labute approximate surface area is 100 Å². The van der Waals surface area contributed by atoms with Gasteiger partial charge in [-0.15, -0.1) is 5.10 Å². The quantitative estimate of drug-likeness (QED) is 0.834. The molecule has 0 atom stereocenters. The SMILES string of the molecule is O=C(O)CC1CCC(Nc2cccnn2)CC1. The molecule has 0 bridgehead atoms. The zero-order valence-corrected chi connectivity index (χ0v) is 9.67. The second-order valence-corrected chi connectivity index (χ2v) is 4.57. The second-order valence-electron chi connectivity index (χ2n) is 4.57. The first-order valence-corrected chi connectivity index (χ1v) is 6.00. The van der Waals surface area contributed by atoms with E-state index in [2.05, 4.69) is 15.5 Å². The molecule has 1 aliphatic rings. The monoisotopic (exact) mass is 235 g/mol. The maximum absolute atomic E-state index is 10.6. The predicted octanol–water partition coefficient (Wildman–Crippen LogP) is 1.92. The Bertz CT molecular complexity index is 361. The van der Waals surface area contributed by atoms with E-state index in [-0.39, 0.29) is 0 Å². The molecule has 17 heavy (non-hydrogen) atoms. The van der Waals surface area contributed by atoms with Crippen LogP contribution in [0.3, 0.4) is 0 Å². The molecule has 0 unspecified atom stereocenters. The van der Waals surface area contributed by atoms with E-state index in [4.69, 9.17) is 5.11 Å². The van der Waals surface area contributed by atoms with Crippen LogP contribution in [0.25, 0.3) is 0 Å². The van der Waals surface area contributed by atoms with Crippen molar-refractivity contribution in [3.8, 4) is 0 Å². The lowest BCUT2D eigenvalue weighted by Crippen LogP contribution is -2.27. The largest absolute Gasteiger partial charge is 0.481 e. The summed E-state index contributed by atoms with van der Waals surface area (Å²) in [6.45, 7) is 0. The summed E-state index contributed by atoms with van der Waals surface area (Å²) in [4.78, 5) is 10.6. The van der Waals surface area contributed by atoms with Gasteiger partial charge in [-0.25, -0.2) is 0 Å². The third-order valence-corrected chi connectivity index (χ3v) is 3.23. The van der Waals surface area contributed by atoms with Crippen molar-refractivity contribution in [1.82, 2.24) is 10.2 Å². The molecule has 1 aliphatic carbocycles. The molecule has 5 heteroatoms. The number of hydrogen-bond donors (Lipinski definition) is 2. The van der Waals surface area contributed by atoms with E-state index in [1.54, 1.807) is 6.20 Å². The van der Waals surface area contributed by atoms with Gasteiger partial charge in [-0.1, -0.05) is 0 Å². The number of aromatic nitrogens is 2. The van der Waals surface area contributed by atoms with Gasteiger partial charge in [-0.2, -0.15) is 5.10 Å². The van der Waals surface area contributed by atoms with Gasteiger partial charge in [0, 0.05) is 18.7 Å².